The van der Waals surface area contributed by atoms with Gasteiger partial charge in [0, 0.05) is 37.5 Å². The maximum atomic E-state index is 5.96. The molecule has 2 N–H and O–H groups in total. The van der Waals surface area contributed by atoms with Crippen molar-refractivity contribution in [2.45, 2.75) is 26.3 Å². The lowest BCUT2D eigenvalue weighted by atomic mass is 10.1. The number of benzene rings is 1. The summed E-state index contributed by atoms with van der Waals surface area (Å²) in [4.78, 5) is 4.28. The molecule has 0 amide bonds. The van der Waals surface area contributed by atoms with Gasteiger partial charge in [-0.3, -0.25) is 0 Å². The lowest BCUT2D eigenvalue weighted by molar-refractivity contribution is 0.312. The fourth-order valence-corrected chi connectivity index (χ4v) is 2.03. The predicted molar refractivity (Wildman–Crippen MR) is 76.2 cm³/mol. The van der Waals surface area contributed by atoms with E-state index in [-0.39, 0.29) is 6.04 Å². The molecule has 0 aliphatic heterocycles. The molecule has 1 heterocycles. The third kappa shape index (κ3) is 3.35. The molecule has 0 saturated heterocycles. The third-order valence-corrected chi connectivity index (χ3v) is 3.16. The molecule has 2 rings (SSSR count). The Balaban J connectivity index is 2.03. The summed E-state index contributed by atoms with van der Waals surface area (Å²) in [6, 6.07) is 6.11. The quantitative estimate of drug-likeness (QED) is 0.897. The molecule has 1 aromatic carbocycles. The van der Waals surface area contributed by atoms with Crippen LogP contribution in [0.3, 0.4) is 0 Å². The van der Waals surface area contributed by atoms with Crippen LogP contribution in [0.5, 0.6) is 5.75 Å². The first kappa shape index (κ1) is 13.6. The fraction of sp³-hybridized carbons (Fsp3) is 0.400. The van der Waals surface area contributed by atoms with Crippen molar-refractivity contribution in [2.24, 2.45) is 12.8 Å². The van der Waals surface area contributed by atoms with E-state index in [0.29, 0.717) is 6.61 Å². The molecule has 0 aliphatic carbocycles. The SMILES string of the molecule is Cc1ccc([C@@H](C)N)c(OCCc2nccn2C)c1. The Bertz CT molecular complexity index is 546. The molecule has 0 spiro atoms. The summed E-state index contributed by atoms with van der Waals surface area (Å²) in [6.45, 7) is 4.63. The van der Waals surface area contributed by atoms with Gasteiger partial charge in [0.2, 0.25) is 0 Å². The summed E-state index contributed by atoms with van der Waals surface area (Å²) in [6.07, 6.45) is 4.53. The van der Waals surface area contributed by atoms with Crippen molar-refractivity contribution in [3.8, 4) is 5.75 Å². The van der Waals surface area contributed by atoms with Crippen molar-refractivity contribution < 1.29 is 4.74 Å². The maximum absolute atomic E-state index is 5.96. The van der Waals surface area contributed by atoms with E-state index in [0.717, 1.165) is 23.6 Å². The zero-order valence-corrected chi connectivity index (χ0v) is 11.8. The van der Waals surface area contributed by atoms with Gasteiger partial charge in [-0.05, 0) is 25.5 Å². The number of ether oxygens (including phenoxy) is 1. The smallest absolute Gasteiger partial charge is 0.124 e. The average Bonchev–Trinajstić information content (AvgIpc) is 2.75. The molecular weight excluding hydrogens is 238 g/mol. The molecule has 0 saturated carbocycles. The van der Waals surface area contributed by atoms with Gasteiger partial charge in [-0.15, -0.1) is 0 Å². The van der Waals surface area contributed by atoms with Crippen LogP contribution in [0, 0.1) is 6.92 Å². The van der Waals surface area contributed by atoms with Crippen LogP contribution in [0.4, 0.5) is 0 Å². The van der Waals surface area contributed by atoms with Crippen molar-refractivity contribution >= 4 is 0 Å². The molecule has 1 atom stereocenters. The molecule has 2 aromatic rings. The van der Waals surface area contributed by atoms with Gasteiger partial charge in [-0.2, -0.15) is 0 Å². The Morgan fingerprint density at radius 3 is 2.84 bits per heavy atom. The lowest BCUT2D eigenvalue weighted by Gasteiger charge is -2.14. The van der Waals surface area contributed by atoms with Crippen LogP contribution in [-0.4, -0.2) is 16.2 Å². The van der Waals surface area contributed by atoms with Crippen molar-refractivity contribution in [2.75, 3.05) is 6.61 Å². The van der Waals surface area contributed by atoms with E-state index in [2.05, 4.69) is 18.0 Å². The standard InChI is InChI=1S/C15H21N3O/c1-11-4-5-13(12(2)16)14(10-11)19-9-6-15-17-7-8-18(15)3/h4-5,7-8,10,12H,6,9,16H2,1-3H3/t12-/m1/s1. The average molecular weight is 259 g/mol. The van der Waals surface area contributed by atoms with Gasteiger partial charge >= 0.3 is 0 Å². The highest BCUT2D eigenvalue weighted by Gasteiger charge is 2.09. The molecule has 19 heavy (non-hydrogen) atoms. The topological polar surface area (TPSA) is 53.1 Å². The van der Waals surface area contributed by atoms with E-state index in [4.69, 9.17) is 10.5 Å². The number of rotatable bonds is 5. The van der Waals surface area contributed by atoms with Gasteiger partial charge in [0.1, 0.15) is 11.6 Å². The van der Waals surface area contributed by atoms with E-state index < -0.39 is 0 Å². The fourth-order valence-electron chi connectivity index (χ4n) is 2.03. The van der Waals surface area contributed by atoms with Crippen molar-refractivity contribution in [3.63, 3.8) is 0 Å². The minimum absolute atomic E-state index is 0.0243. The van der Waals surface area contributed by atoms with Gasteiger partial charge in [0.05, 0.1) is 6.61 Å². The Hall–Kier alpha value is -1.81. The molecule has 0 bridgehead atoms. The minimum Gasteiger partial charge on any atom is -0.493 e. The second kappa shape index (κ2) is 5.89. The Kier molecular flexibility index (Phi) is 4.22. The highest BCUT2D eigenvalue weighted by Crippen LogP contribution is 2.25. The molecule has 0 radical (unpaired) electrons. The minimum atomic E-state index is -0.0243. The predicted octanol–water partition coefficient (Wildman–Crippen LogP) is 2.37. The summed E-state index contributed by atoms with van der Waals surface area (Å²) in [5.74, 6) is 1.90. The van der Waals surface area contributed by atoms with Gasteiger partial charge in [0.25, 0.3) is 0 Å². The zero-order chi connectivity index (χ0) is 13.8. The number of nitrogens with zero attached hydrogens (tertiary/aromatic N) is 2. The number of aromatic nitrogens is 2. The molecule has 0 fully saturated rings. The van der Waals surface area contributed by atoms with Crippen molar-refractivity contribution in [1.29, 1.82) is 0 Å². The van der Waals surface area contributed by atoms with Crippen LogP contribution in [-0.2, 0) is 13.5 Å². The van der Waals surface area contributed by atoms with Crippen LogP contribution >= 0.6 is 0 Å². The lowest BCUT2D eigenvalue weighted by Crippen LogP contribution is -2.11. The van der Waals surface area contributed by atoms with Gasteiger partial charge in [-0.1, -0.05) is 12.1 Å². The van der Waals surface area contributed by atoms with E-state index in [9.17, 15) is 0 Å². The number of imidazole rings is 1. The summed E-state index contributed by atoms with van der Waals surface area (Å²) < 4.78 is 7.88. The van der Waals surface area contributed by atoms with Crippen molar-refractivity contribution in [1.82, 2.24) is 9.55 Å². The highest BCUT2D eigenvalue weighted by atomic mass is 16.5. The zero-order valence-electron chi connectivity index (χ0n) is 11.8. The summed E-state index contributed by atoms with van der Waals surface area (Å²) in [7, 11) is 1.99. The summed E-state index contributed by atoms with van der Waals surface area (Å²) in [5.41, 5.74) is 8.18. The van der Waals surface area contributed by atoms with Crippen LogP contribution < -0.4 is 10.5 Å². The second-order valence-corrected chi connectivity index (χ2v) is 4.88. The molecule has 0 aliphatic rings. The molecule has 102 valence electrons. The number of nitrogens with two attached hydrogens (primary N) is 1. The monoisotopic (exact) mass is 259 g/mol. The van der Waals surface area contributed by atoms with E-state index >= 15 is 0 Å². The molecule has 0 unspecified atom stereocenters. The largest absolute Gasteiger partial charge is 0.493 e. The van der Waals surface area contributed by atoms with E-state index in [1.807, 2.05) is 36.9 Å². The second-order valence-electron chi connectivity index (χ2n) is 4.88. The van der Waals surface area contributed by atoms with E-state index in [1.165, 1.54) is 5.56 Å². The van der Waals surface area contributed by atoms with Crippen molar-refractivity contribution in [3.05, 3.63) is 47.5 Å². The third-order valence-electron chi connectivity index (χ3n) is 3.16. The van der Waals surface area contributed by atoms with Crippen LogP contribution in [0.1, 0.15) is 29.9 Å². The first-order valence-corrected chi connectivity index (χ1v) is 6.53. The number of aryl methyl sites for hydroxylation is 2. The van der Waals surface area contributed by atoms with Crippen LogP contribution in [0.2, 0.25) is 0 Å². The first-order valence-electron chi connectivity index (χ1n) is 6.53. The Morgan fingerprint density at radius 1 is 1.42 bits per heavy atom. The molecular formula is C15H21N3O. The number of hydrogen-bond acceptors (Lipinski definition) is 3. The first-order chi connectivity index (χ1) is 9.08. The maximum Gasteiger partial charge on any atom is 0.124 e. The van der Waals surface area contributed by atoms with Gasteiger partial charge in [-0.25, -0.2) is 4.98 Å². The molecule has 4 nitrogen and oxygen atoms in total. The van der Waals surface area contributed by atoms with Crippen LogP contribution in [0.15, 0.2) is 30.6 Å². The summed E-state index contributed by atoms with van der Waals surface area (Å²) in [5, 5.41) is 0. The number of hydrogen-bond donors (Lipinski definition) is 1. The molecule has 1 aromatic heterocycles. The molecule has 4 heteroatoms. The Labute approximate surface area is 114 Å². The highest BCUT2D eigenvalue weighted by molar-refractivity contribution is 5.38. The van der Waals surface area contributed by atoms with Gasteiger partial charge < -0.3 is 15.0 Å². The van der Waals surface area contributed by atoms with Crippen LogP contribution in [0.25, 0.3) is 0 Å². The normalized spacial score (nSPS) is 12.4. The Morgan fingerprint density at radius 2 is 2.21 bits per heavy atom. The van der Waals surface area contributed by atoms with E-state index in [1.54, 1.807) is 6.20 Å². The van der Waals surface area contributed by atoms with Gasteiger partial charge in [0.15, 0.2) is 0 Å². The summed E-state index contributed by atoms with van der Waals surface area (Å²) >= 11 is 0.